The summed E-state index contributed by atoms with van der Waals surface area (Å²) in [4.78, 5) is 53.5. The number of alkyl halides is 3. The number of aryl methyl sites for hydroxylation is 2. The van der Waals surface area contributed by atoms with Crippen LogP contribution >= 0.6 is 0 Å². The molecule has 3 atom stereocenters. The highest BCUT2D eigenvalue weighted by Gasteiger charge is 2.49. The Bertz CT molecular complexity index is 1510. The minimum Gasteiger partial charge on any atom is -0.444 e. The van der Waals surface area contributed by atoms with Crippen LogP contribution in [0.4, 0.5) is 35.2 Å². The van der Waals surface area contributed by atoms with E-state index in [0.717, 1.165) is 23.4 Å². The van der Waals surface area contributed by atoms with Gasteiger partial charge in [0.15, 0.2) is 0 Å². The van der Waals surface area contributed by atoms with Gasteiger partial charge in [0.2, 0.25) is 11.8 Å². The van der Waals surface area contributed by atoms with Crippen molar-refractivity contribution >= 4 is 35.1 Å². The van der Waals surface area contributed by atoms with E-state index in [9.17, 15) is 27.6 Å². The van der Waals surface area contributed by atoms with Crippen LogP contribution in [0.3, 0.4) is 0 Å². The second-order valence-electron chi connectivity index (χ2n) is 13.6. The number of likely N-dealkylation sites (N-methyl/N-ethyl adjacent to an activating group) is 1. The molecule has 3 aliphatic heterocycles. The number of anilines is 3. The molecule has 2 fully saturated rings. The number of hydrogen-bond donors (Lipinski definition) is 0. The first-order chi connectivity index (χ1) is 21.4. The number of nitrogens with zero attached hydrogens (tertiary/aromatic N) is 6. The molecule has 0 spiro atoms. The third-order valence-corrected chi connectivity index (χ3v) is 8.95. The van der Waals surface area contributed by atoms with Gasteiger partial charge >= 0.3 is 12.3 Å². The molecule has 1 aromatic carbocycles. The molecule has 0 radical (unpaired) electrons. The van der Waals surface area contributed by atoms with Crippen LogP contribution in [0.15, 0.2) is 30.3 Å². The quantitative estimate of drug-likeness (QED) is 0.470. The average molecular weight is 645 g/mol. The third kappa shape index (κ3) is 6.79. The van der Waals surface area contributed by atoms with E-state index in [-0.39, 0.29) is 36.0 Å². The van der Waals surface area contributed by atoms with Crippen molar-refractivity contribution in [3.63, 3.8) is 0 Å². The second-order valence-corrected chi connectivity index (χ2v) is 13.6. The molecule has 250 valence electrons. The molecule has 0 bridgehead atoms. The fourth-order valence-electron chi connectivity index (χ4n) is 6.77. The molecule has 5 rings (SSSR count). The monoisotopic (exact) mass is 644 g/mol. The van der Waals surface area contributed by atoms with E-state index >= 15 is 0 Å². The molecule has 10 nitrogen and oxygen atoms in total. The lowest BCUT2D eigenvalue weighted by molar-refractivity contribution is -0.137. The van der Waals surface area contributed by atoms with Crippen molar-refractivity contribution in [3.8, 4) is 0 Å². The molecule has 1 aromatic heterocycles. The zero-order valence-corrected chi connectivity index (χ0v) is 27.5. The van der Waals surface area contributed by atoms with Crippen LogP contribution in [-0.4, -0.2) is 96.7 Å². The molecular formula is C33H43F3N6O4. The van der Waals surface area contributed by atoms with Gasteiger partial charge in [0.05, 0.1) is 16.9 Å². The Kier molecular flexibility index (Phi) is 9.02. The van der Waals surface area contributed by atoms with Gasteiger partial charge in [-0.2, -0.15) is 13.2 Å². The van der Waals surface area contributed by atoms with Gasteiger partial charge in [0, 0.05) is 70.4 Å². The van der Waals surface area contributed by atoms with E-state index in [0.29, 0.717) is 45.0 Å². The number of amides is 3. The number of pyridine rings is 1. The number of fused-ring (bicyclic) bond motifs is 2. The third-order valence-electron chi connectivity index (χ3n) is 8.95. The van der Waals surface area contributed by atoms with Crippen LogP contribution in [0.5, 0.6) is 0 Å². The zero-order valence-electron chi connectivity index (χ0n) is 27.5. The summed E-state index contributed by atoms with van der Waals surface area (Å²) in [5.41, 5.74) is 1.13. The first kappa shape index (κ1) is 33.5. The summed E-state index contributed by atoms with van der Waals surface area (Å²) in [6, 6.07) is 6.54. The number of rotatable bonds is 4. The Morgan fingerprint density at radius 1 is 1.04 bits per heavy atom. The molecule has 2 aromatic rings. The van der Waals surface area contributed by atoms with Gasteiger partial charge in [0.25, 0.3) is 0 Å². The summed E-state index contributed by atoms with van der Waals surface area (Å²) >= 11 is 0. The largest absolute Gasteiger partial charge is 0.444 e. The van der Waals surface area contributed by atoms with Crippen LogP contribution in [-0.2, 0) is 20.5 Å². The Labute approximate surface area is 268 Å². The number of carbonyl (C=O) groups is 3. The molecule has 13 heteroatoms. The lowest BCUT2D eigenvalue weighted by atomic mass is 9.95. The molecule has 0 saturated carbocycles. The second kappa shape index (κ2) is 12.4. The topological polar surface area (TPSA) is 89.5 Å². The van der Waals surface area contributed by atoms with E-state index in [1.807, 2.05) is 45.9 Å². The van der Waals surface area contributed by atoms with Gasteiger partial charge in [-0.15, -0.1) is 0 Å². The van der Waals surface area contributed by atoms with Gasteiger partial charge in [-0.3, -0.25) is 19.4 Å². The van der Waals surface area contributed by atoms with E-state index in [1.54, 1.807) is 11.9 Å². The van der Waals surface area contributed by atoms with Crippen molar-refractivity contribution in [1.82, 2.24) is 14.8 Å². The fourth-order valence-corrected chi connectivity index (χ4v) is 6.77. The molecule has 0 aliphatic carbocycles. The fraction of sp³-hybridized carbons (Fsp3) is 0.576. The van der Waals surface area contributed by atoms with Gasteiger partial charge in [-0.05, 0) is 65.3 Å². The Morgan fingerprint density at radius 2 is 1.76 bits per heavy atom. The van der Waals surface area contributed by atoms with Crippen LogP contribution < -0.4 is 14.7 Å². The van der Waals surface area contributed by atoms with Crippen LogP contribution in [0.25, 0.3) is 0 Å². The number of piperazine rings is 1. The lowest BCUT2D eigenvalue weighted by Crippen LogP contribution is -2.56. The molecular weight excluding hydrogens is 601 g/mol. The molecule has 0 N–H and O–H groups in total. The van der Waals surface area contributed by atoms with E-state index in [4.69, 9.17) is 4.74 Å². The maximum absolute atomic E-state index is 14.1. The zero-order chi connectivity index (χ0) is 33.7. The Balaban J connectivity index is 1.42. The number of aromatic nitrogens is 1. The average Bonchev–Trinajstić information content (AvgIpc) is 3.27. The van der Waals surface area contributed by atoms with Gasteiger partial charge < -0.3 is 19.4 Å². The number of para-hydroxylation sites is 1. The summed E-state index contributed by atoms with van der Waals surface area (Å²) in [6.07, 6.45) is -4.95. The van der Waals surface area contributed by atoms with Crippen LogP contribution in [0.1, 0.15) is 50.9 Å². The number of benzene rings is 1. The Morgan fingerprint density at radius 3 is 2.41 bits per heavy atom. The summed E-state index contributed by atoms with van der Waals surface area (Å²) in [5, 5.41) is 0. The number of ether oxygens (including phenoxy) is 1. The van der Waals surface area contributed by atoms with Gasteiger partial charge in [0.1, 0.15) is 17.5 Å². The summed E-state index contributed by atoms with van der Waals surface area (Å²) in [6.45, 7) is 14.3. The minimum absolute atomic E-state index is 0.00387. The first-order valence-corrected chi connectivity index (χ1v) is 15.7. The normalized spacial score (nSPS) is 22.9. The van der Waals surface area contributed by atoms with E-state index < -0.39 is 35.2 Å². The van der Waals surface area contributed by atoms with Crippen molar-refractivity contribution in [2.75, 3.05) is 61.0 Å². The number of hydrogen-bond acceptors (Lipinski definition) is 7. The van der Waals surface area contributed by atoms with Crippen molar-refractivity contribution < 1.29 is 32.3 Å². The molecule has 2 saturated heterocycles. The maximum atomic E-state index is 14.1. The van der Waals surface area contributed by atoms with Crippen molar-refractivity contribution in [2.24, 2.45) is 5.92 Å². The number of halogens is 3. The highest BCUT2D eigenvalue weighted by Crippen LogP contribution is 2.41. The Hall–Kier alpha value is -3.87. The van der Waals surface area contributed by atoms with Crippen molar-refractivity contribution in [1.29, 1.82) is 0 Å². The van der Waals surface area contributed by atoms with Gasteiger partial charge in [-0.25, -0.2) is 9.78 Å². The van der Waals surface area contributed by atoms with E-state index in [2.05, 4.69) is 21.7 Å². The van der Waals surface area contributed by atoms with Crippen LogP contribution in [0, 0.1) is 19.8 Å². The first-order valence-electron chi connectivity index (χ1n) is 15.7. The summed E-state index contributed by atoms with van der Waals surface area (Å²) in [5.74, 6) is -1.45. The highest BCUT2D eigenvalue weighted by atomic mass is 19.4. The van der Waals surface area contributed by atoms with Crippen molar-refractivity contribution in [3.05, 3.63) is 47.2 Å². The SMILES string of the molecule is Cc1cc(C(F)(F)F)cc(N2C(=O)C[C@@H]3CN(CCN4CCN(C(=O)OC(C)(C)C)C[C@@H]4C)c4c(C)cccc4N(C)C(=O)[C@H]32)n1. The van der Waals surface area contributed by atoms with Crippen molar-refractivity contribution in [2.45, 2.75) is 71.8 Å². The smallest absolute Gasteiger partial charge is 0.416 e. The summed E-state index contributed by atoms with van der Waals surface area (Å²) in [7, 11) is 1.64. The molecule has 46 heavy (non-hydrogen) atoms. The molecule has 4 heterocycles. The minimum atomic E-state index is -4.63. The predicted octanol–water partition coefficient (Wildman–Crippen LogP) is 4.86. The molecule has 3 aliphatic rings. The van der Waals surface area contributed by atoms with Crippen LogP contribution in [0.2, 0.25) is 0 Å². The predicted molar refractivity (Wildman–Crippen MR) is 169 cm³/mol. The standard InChI is InChI=1S/C33H43F3N6O4/c1-20-9-8-10-25-28(20)40(13-11-39-12-14-41(18-22(39)3)31(45)46-32(4,5)6)19-23-16-27(43)42(29(23)30(44)38(25)7)26-17-24(33(34,35)36)15-21(2)37-26/h8-10,15,17,22-23,29H,11-14,16,18-19H2,1-7H3/t22-,23+,29-/m0/s1. The highest BCUT2D eigenvalue weighted by molar-refractivity contribution is 6.10. The summed E-state index contributed by atoms with van der Waals surface area (Å²) < 4.78 is 46.7. The maximum Gasteiger partial charge on any atom is 0.416 e. The molecule has 0 unspecified atom stereocenters. The van der Waals surface area contributed by atoms with Gasteiger partial charge in [-0.1, -0.05) is 12.1 Å². The molecule has 3 amide bonds. The lowest BCUT2D eigenvalue weighted by Gasteiger charge is -2.43. The number of carbonyl (C=O) groups excluding carboxylic acids is 3. The van der Waals surface area contributed by atoms with E-state index in [1.165, 1.54) is 16.7 Å².